The average molecular weight is 1140 g/mol. The van der Waals surface area contributed by atoms with Gasteiger partial charge in [0.05, 0.1) is 56.9 Å². The number of fused-ring (bicyclic) bond motifs is 2. The maximum absolute atomic E-state index is 14.2. The number of nitrogens with one attached hydrogen (secondary N) is 4. The van der Waals surface area contributed by atoms with Crippen LogP contribution in [0.15, 0.2) is 151 Å². The highest BCUT2D eigenvalue weighted by molar-refractivity contribution is 7.91. The van der Waals surface area contributed by atoms with E-state index in [1.807, 2.05) is 0 Å². The Balaban J connectivity index is 1.12. The highest BCUT2D eigenvalue weighted by Gasteiger charge is 2.38. The summed E-state index contributed by atoms with van der Waals surface area (Å²) in [4.78, 5) is 51.2. The van der Waals surface area contributed by atoms with Gasteiger partial charge in [0.15, 0.2) is 11.4 Å². The number of rotatable bonds is 17. The van der Waals surface area contributed by atoms with E-state index in [2.05, 4.69) is 31.7 Å². The van der Waals surface area contributed by atoms with Crippen LogP contribution in [0.1, 0.15) is 66.4 Å². The van der Waals surface area contributed by atoms with Crippen molar-refractivity contribution in [1.29, 1.82) is 0 Å². The number of anilines is 4. The smallest absolute Gasteiger partial charge is 0.296 e. The Kier molecular flexibility index (Phi) is 15.4. The van der Waals surface area contributed by atoms with E-state index < -0.39 is 129 Å². The number of carbonyl (C=O) groups is 4. The number of allylic oxidation sites excluding steroid dienone is 2. The highest BCUT2D eigenvalue weighted by Crippen LogP contribution is 2.39. The number of hydrogen-bond donors (Lipinski definition) is 8. The summed E-state index contributed by atoms with van der Waals surface area (Å²) in [7, 11) is -20.6. The van der Waals surface area contributed by atoms with Crippen molar-refractivity contribution in [2.75, 3.05) is 34.7 Å². The quantitative estimate of drug-likeness (QED) is 0.0339. The molecule has 6 aromatic rings. The lowest BCUT2D eigenvalue weighted by Crippen LogP contribution is -2.29. The number of amides is 2. The molecule has 402 valence electrons. The maximum atomic E-state index is 14.2. The Morgan fingerprint density at radius 1 is 0.474 bits per heavy atom. The van der Waals surface area contributed by atoms with Gasteiger partial charge >= 0.3 is 0 Å². The van der Waals surface area contributed by atoms with Gasteiger partial charge in [-0.15, -0.1) is 0 Å². The van der Waals surface area contributed by atoms with Crippen LogP contribution in [0.2, 0.25) is 0 Å². The van der Waals surface area contributed by atoms with Crippen LogP contribution in [0.25, 0.3) is 23.3 Å². The SMILES string of the molecule is CCOc1cc(-c2ccc(N/N=C3\C(=O)c4c(cc(S(=O)(=O)O)cc4NC(=O)c4ccccc4)C=C3S(=O)(=O)O)c(OCC)c2)ccc1N/N=C1\C(=O)c2c(cc(S(=O)(=O)O)cc2NC(=O)c2ccccc2)C=C1S(=O)(=O)O. The first-order chi connectivity index (χ1) is 36.8. The molecule has 0 atom stereocenters. The lowest BCUT2D eigenvalue weighted by atomic mass is 9.92. The van der Waals surface area contributed by atoms with Gasteiger partial charge in [-0.1, -0.05) is 48.5 Å². The number of Topliss-reactive ketones (excluding diaryl/α,β-unsaturated/α-hetero) is 2. The predicted molar refractivity (Wildman–Crippen MR) is 285 cm³/mol. The monoisotopic (exact) mass is 1140 g/mol. The van der Waals surface area contributed by atoms with Crippen molar-refractivity contribution in [2.24, 2.45) is 10.2 Å². The van der Waals surface area contributed by atoms with Crippen LogP contribution < -0.4 is 31.0 Å². The second kappa shape index (κ2) is 21.7. The van der Waals surface area contributed by atoms with Crippen LogP contribution >= 0.6 is 0 Å². The Labute approximate surface area is 444 Å². The molecule has 2 aliphatic carbocycles. The minimum atomic E-state index is -5.30. The van der Waals surface area contributed by atoms with E-state index in [0.717, 1.165) is 36.4 Å². The molecule has 2 amide bonds. The fourth-order valence-electron chi connectivity index (χ4n) is 7.93. The molecular formula is C50H40N6O18S4. The number of nitrogens with zero attached hydrogens (tertiary/aromatic N) is 2. The zero-order valence-corrected chi connectivity index (χ0v) is 43.4. The lowest BCUT2D eigenvalue weighted by Gasteiger charge is -2.21. The van der Waals surface area contributed by atoms with Gasteiger partial charge in [-0.05, 0) is 121 Å². The molecule has 0 saturated carbocycles. The Bertz CT molecular complexity index is 3860. The zero-order chi connectivity index (χ0) is 56.5. The van der Waals surface area contributed by atoms with Gasteiger partial charge in [-0.2, -0.15) is 43.9 Å². The van der Waals surface area contributed by atoms with Gasteiger partial charge in [-0.25, -0.2) is 0 Å². The molecule has 8 rings (SSSR count). The third-order valence-corrected chi connectivity index (χ3v) is 14.8. The number of benzene rings is 6. The predicted octanol–water partition coefficient (Wildman–Crippen LogP) is 6.94. The first-order valence-electron chi connectivity index (χ1n) is 22.5. The van der Waals surface area contributed by atoms with E-state index in [4.69, 9.17) is 9.47 Å². The van der Waals surface area contributed by atoms with E-state index >= 15 is 0 Å². The van der Waals surface area contributed by atoms with E-state index in [0.29, 0.717) is 11.1 Å². The summed E-state index contributed by atoms with van der Waals surface area (Å²) in [6.07, 6.45) is 1.47. The summed E-state index contributed by atoms with van der Waals surface area (Å²) < 4.78 is 152. The molecule has 6 aromatic carbocycles. The molecule has 0 saturated heterocycles. The van der Waals surface area contributed by atoms with Crippen molar-refractivity contribution in [3.63, 3.8) is 0 Å². The van der Waals surface area contributed by atoms with Crippen molar-refractivity contribution in [3.05, 3.63) is 165 Å². The molecule has 0 radical (unpaired) electrons. The molecule has 0 aliphatic heterocycles. The molecular weight excluding hydrogens is 1100 g/mol. The third kappa shape index (κ3) is 11.9. The molecule has 0 aromatic heterocycles. The summed E-state index contributed by atoms with van der Waals surface area (Å²) in [5.74, 6) is -3.89. The standard InChI is InChI=1S/C50H40N6O18S4/c1-3-73-39-21-29(15-17-35(39)53-55-45-41(77(67,68)69)23-31-19-33(75(61,62)63)25-37(43(31)47(45)57)51-49(59)27-11-7-5-8-12-27)30-16-18-36(40(22-30)74-4-2)54-56-46-42(78(70,71)72)24-32-20-34(76(64,65)66)26-38(44(32)48(46)58)52-50(60)28-13-9-6-10-14-28/h5-26,53-54H,3-4H2,1-2H3,(H,51,59)(H,52,60)(H,61,62,63)(H,64,65,66)(H,67,68,69)(H,70,71,72)/b55-45-,56-46-. The summed E-state index contributed by atoms with van der Waals surface area (Å²) in [5.41, 5.74) is 1.83. The molecule has 28 heteroatoms. The van der Waals surface area contributed by atoms with Gasteiger partial charge in [0.25, 0.3) is 52.3 Å². The molecule has 0 bridgehead atoms. The normalized spacial score (nSPS) is 14.6. The van der Waals surface area contributed by atoms with Crippen LogP contribution in [0, 0.1) is 0 Å². The minimum absolute atomic E-state index is 0.0401. The summed E-state index contributed by atoms with van der Waals surface area (Å²) in [6, 6.07) is 27.1. The third-order valence-electron chi connectivity index (χ3n) is 11.4. The molecule has 0 fully saturated rings. The summed E-state index contributed by atoms with van der Waals surface area (Å²) >= 11 is 0. The van der Waals surface area contributed by atoms with Gasteiger partial charge in [0.2, 0.25) is 11.6 Å². The second-order valence-electron chi connectivity index (χ2n) is 16.5. The number of hydrazone groups is 2. The van der Waals surface area contributed by atoms with Crippen LogP contribution in [-0.2, 0) is 40.5 Å². The van der Waals surface area contributed by atoms with Crippen LogP contribution in [0.5, 0.6) is 11.5 Å². The molecule has 0 heterocycles. The van der Waals surface area contributed by atoms with Gasteiger partial charge in [0.1, 0.15) is 21.3 Å². The van der Waals surface area contributed by atoms with E-state index in [9.17, 15) is 71.1 Å². The van der Waals surface area contributed by atoms with Crippen LogP contribution in [0.3, 0.4) is 0 Å². The van der Waals surface area contributed by atoms with Crippen LogP contribution in [-0.4, -0.2) is 99.9 Å². The highest BCUT2D eigenvalue weighted by atomic mass is 32.2. The topological polar surface area (TPSA) is 377 Å². The molecule has 2 aliphatic rings. The van der Waals surface area contributed by atoms with Crippen molar-refractivity contribution < 1.29 is 80.5 Å². The van der Waals surface area contributed by atoms with Crippen molar-refractivity contribution >= 4 is 110 Å². The van der Waals surface area contributed by atoms with Crippen molar-refractivity contribution in [1.82, 2.24) is 0 Å². The fourth-order valence-corrected chi connectivity index (χ4v) is 10.3. The van der Waals surface area contributed by atoms with Crippen LogP contribution in [0.4, 0.5) is 22.7 Å². The number of ether oxygens (including phenoxy) is 2. The lowest BCUT2D eigenvalue weighted by molar-refractivity contribution is 0.101. The van der Waals surface area contributed by atoms with Crippen molar-refractivity contribution in [3.8, 4) is 22.6 Å². The summed E-state index contributed by atoms with van der Waals surface area (Å²) in [6.45, 7) is 3.38. The maximum Gasteiger partial charge on any atom is 0.296 e. The number of ketones is 2. The second-order valence-corrected chi connectivity index (χ2v) is 22.1. The number of carbonyl (C=O) groups excluding carboxylic acids is 4. The Morgan fingerprint density at radius 2 is 0.833 bits per heavy atom. The van der Waals surface area contributed by atoms with Gasteiger partial charge in [-0.3, -0.25) is 48.2 Å². The van der Waals surface area contributed by atoms with Gasteiger partial charge in [0, 0.05) is 11.1 Å². The molecule has 78 heavy (non-hydrogen) atoms. The minimum Gasteiger partial charge on any atom is -0.492 e. The molecule has 8 N–H and O–H groups in total. The van der Waals surface area contributed by atoms with Gasteiger partial charge < -0.3 is 20.1 Å². The molecule has 0 unspecified atom stereocenters. The van der Waals surface area contributed by atoms with E-state index in [-0.39, 0.29) is 47.2 Å². The largest absolute Gasteiger partial charge is 0.492 e. The van der Waals surface area contributed by atoms with E-state index in [1.165, 1.54) is 84.9 Å². The van der Waals surface area contributed by atoms with Crippen molar-refractivity contribution in [2.45, 2.75) is 23.6 Å². The Morgan fingerprint density at radius 3 is 1.15 bits per heavy atom. The first kappa shape index (κ1) is 55.5. The first-order valence-corrected chi connectivity index (χ1v) is 28.3. The van der Waals surface area contributed by atoms with E-state index in [1.54, 1.807) is 26.0 Å². The molecule has 24 nitrogen and oxygen atoms in total. The number of hydrogen-bond acceptors (Lipinski definition) is 18. The summed E-state index contributed by atoms with van der Waals surface area (Å²) in [5, 5.41) is 12.9. The Hall–Kier alpha value is -8.74. The zero-order valence-electron chi connectivity index (χ0n) is 40.1. The molecule has 0 spiro atoms. The fraction of sp³-hybridized carbons (Fsp3) is 0.0800. The average Bonchev–Trinajstić information content (AvgIpc) is 3.55.